The maximum Gasteiger partial charge on any atom is 0.337 e. The van der Waals surface area contributed by atoms with E-state index in [0.29, 0.717) is 25.4 Å². The van der Waals surface area contributed by atoms with E-state index < -0.39 is 16.0 Å². The Kier molecular flexibility index (Phi) is 6.13. The third-order valence-electron chi connectivity index (χ3n) is 4.60. The lowest BCUT2D eigenvalue weighted by atomic mass is 10.1. The molecule has 2 aliphatic rings. The Hall–Kier alpha value is -1.68. The largest absolute Gasteiger partial charge is 0.478 e. The fourth-order valence-corrected chi connectivity index (χ4v) is 4.23. The Bertz CT molecular complexity index is 740. The van der Waals surface area contributed by atoms with Crippen LogP contribution in [-0.2, 0) is 19.5 Å². The first kappa shape index (κ1) is 19.1. The molecule has 1 aromatic rings. The van der Waals surface area contributed by atoms with Crippen LogP contribution in [0.15, 0.2) is 23.1 Å². The molecule has 26 heavy (non-hydrogen) atoms. The van der Waals surface area contributed by atoms with Crippen LogP contribution < -0.4 is 10.0 Å². The number of carboxylic acid groups (broad SMARTS) is 1. The Morgan fingerprint density at radius 3 is 2.35 bits per heavy atom. The molecule has 3 rings (SSSR count). The van der Waals surface area contributed by atoms with E-state index in [1.165, 1.54) is 18.2 Å². The standard InChI is InChI=1S/C17H24N2O6S/c20-17(21)15-9-14(26(22,23)19-11-13-4-2-8-25-13)5-6-16(15)18-10-12-3-1-7-24-12/h5-6,9,12-13,18-19H,1-4,7-8,10-11H2,(H,20,21)/t12-,13-/m1/s1. The van der Waals surface area contributed by atoms with Crippen LogP contribution in [0.4, 0.5) is 5.69 Å². The molecule has 0 aromatic heterocycles. The summed E-state index contributed by atoms with van der Waals surface area (Å²) in [5.41, 5.74) is 0.300. The quantitative estimate of drug-likeness (QED) is 0.621. The fraction of sp³-hybridized carbons (Fsp3) is 0.588. The van der Waals surface area contributed by atoms with Crippen molar-refractivity contribution in [3.05, 3.63) is 23.8 Å². The minimum atomic E-state index is -3.80. The first-order valence-corrected chi connectivity index (χ1v) is 10.3. The number of anilines is 1. The van der Waals surface area contributed by atoms with Crippen LogP contribution in [-0.4, -0.2) is 58.0 Å². The monoisotopic (exact) mass is 384 g/mol. The number of carboxylic acids is 1. The molecule has 0 radical (unpaired) electrons. The van der Waals surface area contributed by atoms with Gasteiger partial charge in [0.05, 0.1) is 22.7 Å². The summed E-state index contributed by atoms with van der Waals surface area (Å²) in [7, 11) is -3.80. The molecule has 1 aromatic carbocycles. The van der Waals surface area contributed by atoms with Crippen LogP contribution in [0.3, 0.4) is 0 Å². The van der Waals surface area contributed by atoms with Crippen LogP contribution in [0.2, 0.25) is 0 Å². The smallest absolute Gasteiger partial charge is 0.337 e. The first-order chi connectivity index (χ1) is 12.5. The van der Waals surface area contributed by atoms with E-state index in [4.69, 9.17) is 9.47 Å². The highest BCUT2D eigenvalue weighted by Gasteiger charge is 2.23. The van der Waals surface area contributed by atoms with Gasteiger partial charge in [-0.15, -0.1) is 0 Å². The molecule has 144 valence electrons. The van der Waals surface area contributed by atoms with Crippen LogP contribution in [0.25, 0.3) is 0 Å². The molecule has 2 aliphatic heterocycles. The van der Waals surface area contributed by atoms with Crippen molar-refractivity contribution in [2.75, 3.05) is 31.6 Å². The Morgan fingerprint density at radius 2 is 1.77 bits per heavy atom. The van der Waals surface area contributed by atoms with Crippen molar-refractivity contribution in [3.8, 4) is 0 Å². The molecule has 0 spiro atoms. The average molecular weight is 384 g/mol. The molecule has 2 atom stereocenters. The Labute approximate surface area is 152 Å². The molecule has 0 saturated carbocycles. The molecule has 8 nitrogen and oxygen atoms in total. The van der Waals surface area contributed by atoms with Gasteiger partial charge in [-0.1, -0.05) is 0 Å². The van der Waals surface area contributed by atoms with E-state index >= 15 is 0 Å². The van der Waals surface area contributed by atoms with Gasteiger partial charge in [-0.3, -0.25) is 0 Å². The van der Waals surface area contributed by atoms with Crippen molar-refractivity contribution in [3.63, 3.8) is 0 Å². The molecule has 2 heterocycles. The minimum Gasteiger partial charge on any atom is -0.478 e. The zero-order valence-corrected chi connectivity index (χ0v) is 15.3. The van der Waals surface area contributed by atoms with E-state index in [2.05, 4.69) is 10.0 Å². The van der Waals surface area contributed by atoms with Gasteiger partial charge in [0.25, 0.3) is 0 Å². The number of benzene rings is 1. The minimum absolute atomic E-state index is 0.0492. The normalized spacial score (nSPS) is 23.2. The molecule has 2 fully saturated rings. The summed E-state index contributed by atoms with van der Waals surface area (Å²) in [6, 6.07) is 4.07. The summed E-state index contributed by atoms with van der Waals surface area (Å²) >= 11 is 0. The molecule has 0 aliphatic carbocycles. The van der Waals surface area contributed by atoms with Gasteiger partial charge in [-0.05, 0) is 43.9 Å². The maximum atomic E-state index is 12.4. The van der Waals surface area contributed by atoms with Crippen molar-refractivity contribution in [1.82, 2.24) is 4.72 Å². The number of sulfonamides is 1. The molecule has 0 bridgehead atoms. The molecule has 2 saturated heterocycles. The number of rotatable bonds is 8. The first-order valence-electron chi connectivity index (χ1n) is 8.80. The summed E-state index contributed by atoms with van der Waals surface area (Å²) in [6.45, 7) is 2.03. The summed E-state index contributed by atoms with van der Waals surface area (Å²) in [6.07, 6.45) is 3.57. The van der Waals surface area contributed by atoms with Crippen LogP contribution >= 0.6 is 0 Å². The number of hydrogen-bond acceptors (Lipinski definition) is 6. The Morgan fingerprint density at radius 1 is 1.12 bits per heavy atom. The van der Waals surface area contributed by atoms with Crippen molar-refractivity contribution >= 4 is 21.7 Å². The van der Waals surface area contributed by atoms with Crippen LogP contribution in [0.1, 0.15) is 36.0 Å². The predicted octanol–water partition coefficient (Wildman–Crippen LogP) is 1.43. The number of hydrogen-bond donors (Lipinski definition) is 3. The molecule has 9 heteroatoms. The lowest BCUT2D eigenvalue weighted by Crippen LogP contribution is -2.32. The van der Waals surface area contributed by atoms with Gasteiger partial charge >= 0.3 is 5.97 Å². The molecule has 0 amide bonds. The summed E-state index contributed by atoms with van der Waals surface area (Å²) in [4.78, 5) is 11.5. The van der Waals surface area contributed by atoms with Crippen LogP contribution in [0, 0.1) is 0 Å². The Balaban J connectivity index is 1.70. The lowest BCUT2D eigenvalue weighted by Gasteiger charge is -2.15. The van der Waals surface area contributed by atoms with Crippen molar-refractivity contribution < 1.29 is 27.8 Å². The number of nitrogens with one attached hydrogen (secondary N) is 2. The van der Waals surface area contributed by atoms with E-state index in [1.807, 2.05) is 0 Å². The van der Waals surface area contributed by atoms with Gasteiger partial charge in [0.1, 0.15) is 0 Å². The molecule has 0 unspecified atom stereocenters. The summed E-state index contributed by atoms with van der Waals surface area (Å²) in [5, 5.41) is 12.5. The molecule has 3 N–H and O–H groups in total. The van der Waals surface area contributed by atoms with Crippen molar-refractivity contribution in [1.29, 1.82) is 0 Å². The van der Waals surface area contributed by atoms with Gasteiger partial charge in [0, 0.05) is 32.0 Å². The third-order valence-corrected chi connectivity index (χ3v) is 6.02. The van der Waals surface area contributed by atoms with Crippen molar-refractivity contribution in [2.24, 2.45) is 0 Å². The predicted molar refractivity (Wildman–Crippen MR) is 95.0 cm³/mol. The van der Waals surface area contributed by atoms with Gasteiger partial charge in [0.15, 0.2) is 0 Å². The van der Waals surface area contributed by atoms with E-state index in [9.17, 15) is 18.3 Å². The average Bonchev–Trinajstić information content (AvgIpc) is 3.31. The van der Waals surface area contributed by atoms with Crippen molar-refractivity contribution in [2.45, 2.75) is 42.8 Å². The second-order valence-corrected chi connectivity index (χ2v) is 8.28. The summed E-state index contributed by atoms with van der Waals surface area (Å²) < 4.78 is 38.3. The zero-order valence-electron chi connectivity index (χ0n) is 14.4. The SMILES string of the molecule is O=C(O)c1cc(S(=O)(=O)NC[C@H]2CCCO2)ccc1NC[C@H]1CCCO1. The maximum absolute atomic E-state index is 12.4. The summed E-state index contributed by atoms with van der Waals surface area (Å²) in [5.74, 6) is -1.18. The van der Waals surface area contributed by atoms with E-state index in [1.54, 1.807) is 0 Å². The van der Waals surface area contributed by atoms with E-state index in [0.717, 1.165) is 25.7 Å². The lowest BCUT2D eigenvalue weighted by molar-refractivity contribution is 0.0697. The highest BCUT2D eigenvalue weighted by molar-refractivity contribution is 7.89. The zero-order chi connectivity index (χ0) is 18.6. The molecular weight excluding hydrogens is 360 g/mol. The topological polar surface area (TPSA) is 114 Å². The number of carbonyl (C=O) groups is 1. The highest BCUT2D eigenvalue weighted by atomic mass is 32.2. The molecular formula is C17H24N2O6S. The van der Waals surface area contributed by atoms with Gasteiger partial charge in [-0.25, -0.2) is 17.9 Å². The van der Waals surface area contributed by atoms with E-state index in [-0.39, 0.29) is 29.2 Å². The highest BCUT2D eigenvalue weighted by Crippen LogP contribution is 2.22. The van der Waals surface area contributed by atoms with Gasteiger partial charge in [-0.2, -0.15) is 0 Å². The second kappa shape index (κ2) is 8.34. The van der Waals surface area contributed by atoms with Crippen LogP contribution in [0.5, 0.6) is 0 Å². The number of aromatic carboxylic acids is 1. The number of ether oxygens (including phenoxy) is 2. The van der Waals surface area contributed by atoms with Gasteiger partial charge < -0.3 is 19.9 Å². The second-order valence-electron chi connectivity index (χ2n) is 6.52. The fourth-order valence-electron chi connectivity index (χ4n) is 3.14. The third kappa shape index (κ3) is 4.73. The van der Waals surface area contributed by atoms with Gasteiger partial charge in [0.2, 0.25) is 10.0 Å².